The van der Waals surface area contributed by atoms with E-state index in [1.807, 2.05) is 11.3 Å². The Morgan fingerprint density at radius 1 is 1.58 bits per heavy atom. The Hall–Kier alpha value is -0.870. The van der Waals surface area contributed by atoms with Gasteiger partial charge in [0.25, 0.3) is 0 Å². The van der Waals surface area contributed by atoms with Crippen LogP contribution in [0.2, 0.25) is 0 Å². The number of fused-ring (bicyclic) bond motifs is 1. The Kier molecular flexibility index (Phi) is 3.39. The number of amides is 1. The zero-order valence-electron chi connectivity index (χ0n) is 11.5. The molecular weight excluding hydrogens is 256 g/mol. The molecular formula is C15H22N2OS. The number of rotatable bonds is 3. The van der Waals surface area contributed by atoms with Gasteiger partial charge in [-0.1, -0.05) is 13.3 Å². The lowest BCUT2D eigenvalue weighted by atomic mass is 9.67. The summed E-state index contributed by atoms with van der Waals surface area (Å²) in [6.45, 7) is 3.55. The Bertz CT molecular complexity index is 473. The van der Waals surface area contributed by atoms with Crippen molar-refractivity contribution in [2.24, 2.45) is 11.1 Å². The van der Waals surface area contributed by atoms with Crippen LogP contribution in [0, 0.1) is 5.41 Å². The molecule has 1 amide bonds. The molecule has 0 spiro atoms. The molecule has 3 nitrogen and oxygen atoms in total. The smallest absolute Gasteiger partial charge is 0.230 e. The van der Waals surface area contributed by atoms with Gasteiger partial charge in [0.05, 0.1) is 11.5 Å². The molecule has 0 radical (unpaired) electrons. The van der Waals surface area contributed by atoms with Crippen molar-refractivity contribution in [3.63, 3.8) is 0 Å². The molecule has 2 N–H and O–H groups in total. The first-order valence-electron chi connectivity index (χ1n) is 7.29. The molecule has 1 aliphatic carbocycles. The molecule has 0 bridgehead atoms. The SMILES string of the molecule is CCC1c2ccsc2CCN1C(=O)C1(CN)CCC1. The number of hydrogen-bond acceptors (Lipinski definition) is 3. The van der Waals surface area contributed by atoms with Crippen LogP contribution in [-0.4, -0.2) is 23.9 Å². The molecule has 0 aromatic carbocycles. The minimum Gasteiger partial charge on any atom is -0.335 e. The molecule has 19 heavy (non-hydrogen) atoms. The van der Waals surface area contributed by atoms with Gasteiger partial charge in [-0.05, 0) is 42.7 Å². The molecule has 1 aliphatic heterocycles. The predicted octanol–water partition coefficient (Wildman–Crippen LogP) is 2.71. The maximum atomic E-state index is 12.9. The Morgan fingerprint density at radius 3 is 2.95 bits per heavy atom. The van der Waals surface area contributed by atoms with Crippen molar-refractivity contribution in [2.75, 3.05) is 13.1 Å². The molecule has 0 saturated heterocycles. The summed E-state index contributed by atoms with van der Waals surface area (Å²) in [6.07, 6.45) is 5.11. The molecule has 1 fully saturated rings. The van der Waals surface area contributed by atoms with Crippen LogP contribution in [0.15, 0.2) is 11.4 Å². The third-order valence-corrected chi connectivity index (χ3v) is 5.89. The van der Waals surface area contributed by atoms with E-state index in [0.29, 0.717) is 12.5 Å². The summed E-state index contributed by atoms with van der Waals surface area (Å²) in [5.74, 6) is 0.310. The summed E-state index contributed by atoms with van der Waals surface area (Å²) in [6, 6.07) is 2.47. The maximum Gasteiger partial charge on any atom is 0.230 e. The fourth-order valence-electron chi connectivity index (χ4n) is 3.49. The average molecular weight is 278 g/mol. The van der Waals surface area contributed by atoms with Crippen LogP contribution in [0.3, 0.4) is 0 Å². The van der Waals surface area contributed by atoms with Gasteiger partial charge in [-0.2, -0.15) is 0 Å². The van der Waals surface area contributed by atoms with E-state index < -0.39 is 0 Å². The first-order chi connectivity index (χ1) is 9.22. The van der Waals surface area contributed by atoms with E-state index in [9.17, 15) is 4.79 Å². The Labute approximate surface area is 118 Å². The number of hydrogen-bond donors (Lipinski definition) is 1. The molecule has 104 valence electrons. The standard InChI is InChI=1S/C15H22N2OS/c1-2-12-11-5-9-19-13(11)4-8-17(12)14(18)15(10-16)6-3-7-15/h5,9,12H,2-4,6-8,10,16H2,1H3. The lowest BCUT2D eigenvalue weighted by molar-refractivity contribution is -0.150. The number of nitrogens with zero attached hydrogens (tertiary/aromatic N) is 1. The van der Waals surface area contributed by atoms with Gasteiger partial charge in [-0.15, -0.1) is 11.3 Å². The number of thiophene rings is 1. The molecule has 1 aromatic rings. The second kappa shape index (κ2) is 4.91. The summed E-state index contributed by atoms with van der Waals surface area (Å²) in [4.78, 5) is 16.5. The quantitative estimate of drug-likeness (QED) is 0.924. The van der Waals surface area contributed by atoms with E-state index in [4.69, 9.17) is 5.73 Å². The largest absolute Gasteiger partial charge is 0.335 e. The highest BCUT2D eigenvalue weighted by Crippen LogP contribution is 2.45. The molecule has 3 rings (SSSR count). The summed E-state index contributed by atoms with van der Waals surface area (Å²) in [5, 5.41) is 2.16. The van der Waals surface area contributed by atoms with Crippen LogP contribution in [-0.2, 0) is 11.2 Å². The van der Waals surface area contributed by atoms with Crippen LogP contribution < -0.4 is 5.73 Å². The maximum absolute atomic E-state index is 12.9. The van der Waals surface area contributed by atoms with Gasteiger partial charge in [0.15, 0.2) is 0 Å². The summed E-state index contributed by atoms with van der Waals surface area (Å²) < 4.78 is 0. The fourth-order valence-corrected chi connectivity index (χ4v) is 4.42. The van der Waals surface area contributed by atoms with Gasteiger partial charge in [-0.25, -0.2) is 0 Å². The lowest BCUT2D eigenvalue weighted by Crippen LogP contribution is -2.54. The second-order valence-electron chi connectivity index (χ2n) is 5.81. The zero-order chi connectivity index (χ0) is 13.5. The van der Waals surface area contributed by atoms with Crippen molar-refractivity contribution in [3.8, 4) is 0 Å². The van der Waals surface area contributed by atoms with Crippen LogP contribution in [0.5, 0.6) is 0 Å². The summed E-state index contributed by atoms with van der Waals surface area (Å²) in [5.41, 5.74) is 7.03. The third-order valence-electron chi connectivity index (χ3n) is 4.90. The molecule has 1 saturated carbocycles. The van der Waals surface area contributed by atoms with Gasteiger partial charge >= 0.3 is 0 Å². The molecule has 1 unspecified atom stereocenters. The summed E-state index contributed by atoms with van der Waals surface area (Å²) in [7, 11) is 0. The van der Waals surface area contributed by atoms with Gasteiger partial charge in [-0.3, -0.25) is 4.79 Å². The van der Waals surface area contributed by atoms with Gasteiger partial charge in [0.1, 0.15) is 0 Å². The van der Waals surface area contributed by atoms with E-state index in [1.54, 1.807) is 0 Å². The average Bonchev–Trinajstić information content (AvgIpc) is 2.84. The number of nitrogens with two attached hydrogens (primary N) is 1. The van der Waals surface area contributed by atoms with Crippen molar-refractivity contribution in [1.82, 2.24) is 4.90 Å². The van der Waals surface area contributed by atoms with Crippen LogP contribution >= 0.6 is 11.3 Å². The van der Waals surface area contributed by atoms with Gasteiger partial charge in [0, 0.05) is 18.0 Å². The highest BCUT2D eigenvalue weighted by Gasteiger charge is 2.47. The van der Waals surface area contributed by atoms with Crippen molar-refractivity contribution in [1.29, 1.82) is 0 Å². The topological polar surface area (TPSA) is 46.3 Å². The monoisotopic (exact) mass is 278 g/mol. The second-order valence-corrected chi connectivity index (χ2v) is 6.81. The molecule has 2 aliphatic rings. The van der Waals surface area contributed by atoms with Crippen molar-refractivity contribution in [3.05, 3.63) is 21.9 Å². The fraction of sp³-hybridized carbons (Fsp3) is 0.667. The minimum absolute atomic E-state index is 0.235. The first kappa shape index (κ1) is 13.1. The Morgan fingerprint density at radius 2 is 2.37 bits per heavy atom. The van der Waals surface area contributed by atoms with E-state index in [0.717, 1.165) is 38.6 Å². The molecule has 4 heteroatoms. The minimum atomic E-state index is -0.235. The van der Waals surface area contributed by atoms with E-state index in [-0.39, 0.29) is 11.5 Å². The summed E-state index contributed by atoms with van der Waals surface area (Å²) >= 11 is 1.83. The highest BCUT2D eigenvalue weighted by molar-refractivity contribution is 7.10. The van der Waals surface area contributed by atoms with Crippen molar-refractivity contribution < 1.29 is 4.79 Å². The number of carbonyl (C=O) groups excluding carboxylic acids is 1. The van der Waals surface area contributed by atoms with Crippen molar-refractivity contribution >= 4 is 17.2 Å². The van der Waals surface area contributed by atoms with Crippen LogP contribution in [0.25, 0.3) is 0 Å². The highest BCUT2D eigenvalue weighted by atomic mass is 32.1. The van der Waals surface area contributed by atoms with Crippen LogP contribution in [0.1, 0.15) is 49.1 Å². The Balaban J connectivity index is 1.87. The molecule has 1 atom stereocenters. The van der Waals surface area contributed by atoms with E-state index in [2.05, 4.69) is 23.3 Å². The first-order valence-corrected chi connectivity index (χ1v) is 8.17. The number of carbonyl (C=O) groups is 1. The zero-order valence-corrected chi connectivity index (χ0v) is 12.3. The molecule has 1 aromatic heterocycles. The van der Waals surface area contributed by atoms with Crippen LogP contribution in [0.4, 0.5) is 0 Å². The van der Waals surface area contributed by atoms with E-state index >= 15 is 0 Å². The molecule has 2 heterocycles. The lowest BCUT2D eigenvalue weighted by Gasteiger charge is -2.46. The van der Waals surface area contributed by atoms with Gasteiger partial charge < -0.3 is 10.6 Å². The third kappa shape index (κ3) is 1.93. The predicted molar refractivity (Wildman–Crippen MR) is 78.1 cm³/mol. The van der Waals surface area contributed by atoms with Gasteiger partial charge in [0.2, 0.25) is 5.91 Å². The normalized spacial score (nSPS) is 24.7. The van der Waals surface area contributed by atoms with Crippen molar-refractivity contribution in [2.45, 2.75) is 45.1 Å². The van der Waals surface area contributed by atoms with E-state index in [1.165, 1.54) is 10.4 Å².